The van der Waals surface area contributed by atoms with Crippen molar-refractivity contribution in [1.82, 2.24) is 0 Å². The smallest absolute Gasteiger partial charge is 0.331 e. The molecule has 0 saturated carbocycles. The third-order valence-electron chi connectivity index (χ3n) is 11.5. The zero-order valence-electron chi connectivity index (χ0n) is 36.8. The fourth-order valence-electron chi connectivity index (χ4n) is 7.30. The molecule has 17 heteroatoms. The fraction of sp³-hybridized carbons (Fsp3) is 0.574. The van der Waals surface area contributed by atoms with Gasteiger partial charge in [0, 0.05) is 18.2 Å². The lowest BCUT2D eigenvalue weighted by atomic mass is 9.86. The third-order valence-corrected chi connectivity index (χ3v) is 11.5. The van der Waals surface area contributed by atoms with Crippen LogP contribution in [0, 0.1) is 5.92 Å². The number of phenolic OH excluding ortho intramolecular Hbond substituents is 2. The molecule has 0 amide bonds. The SMILES string of the molecule is CCC(C)CC/C=C/C=C(\C)C(O)C/C=C/C=C/C(=O)O[C@H]1[C@H](O[C@@H]2O[C@H](COC(=O)/C=C/C=C\CCC(O)CC)[C@H](O)[C@H](O)[C@H]2O)[C@@H](CO)O[C@]2(OCc3cc(O)cc(O)c32)[C@@H]1O. The molecular weight excluding hydrogens is 837 g/mol. The summed E-state index contributed by atoms with van der Waals surface area (Å²) in [7, 11) is 0. The first kappa shape index (κ1) is 52.4. The van der Waals surface area contributed by atoms with Crippen molar-refractivity contribution in [1.29, 1.82) is 0 Å². The normalized spacial score (nSPS) is 30.2. The topological polar surface area (TPSA) is 272 Å². The number of hydrogen-bond acceptors (Lipinski definition) is 17. The first-order valence-corrected chi connectivity index (χ1v) is 21.8. The number of phenols is 2. The zero-order chi connectivity index (χ0) is 47.0. The van der Waals surface area contributed by atoms with Gasteiger partial charge in [-0.25, -0.2) is 9.59 Å². The molecule has 4 rings (SSSR count). The molecule has 0 aromatic heterocycles. The van der Waals surface area contributed by atoms with Gasteiger partial charge in [0.1, 0.15) is 54.7 Å². The lowest BCUT2D eigenvalue weighted by Crippen LogP contribution is -2.67. The number of aromatic hydroxyl groups is 2. The van der Waals surface area contributed by atoms with Gasteiger partial charge in [-0.2, -0.15) is 0 Å². The number of ether oxygens (including phenoxy) is 6. The van der Waals surface area contributed by atoms with Crippen molar-refractivity contribution in [2.45, 2.75) is 152 Å². The minimum atomic E-state index is -2.28. The molecule has 0 radical (unpaired) electrons. The summed E-state index contributed by atoms with van der Waals surface area (Å²) in [6.45, 7) is 6.24. The number of aliphatic hydroxyl groups is 7. The Morgan fingerprint density at radius 1 is 0.859 bits per heavy atom. The van der Waals surface area contributed by atoms with E-state index in [0.29, 0.717) is 25.2 Å². The Kier molecular flexibility index (Phi) is 20.8. The van der Waals surface area contributed by atoms with Crippen molar-refractivity contribution in [3.05, 3.63) is 95.7 Å². The monoisotopic (exact) mass is 902 g/mol. The molecule has 9 N–H and O–H groups in total. The van der Waals surface area contributed by atoms with E-state index in [-0.39, 0.29) is 29.9 Å². The van der Waals surface area contributed by atoms with Gasteiger partial charge in [-0.1, -0.05) is 81.9 Å². The summed E-state index contributed by atoms with van der Waals surface area (Å²) in [5, 5.41) is 96.4. The Hall–Kier alpha value is -4.24. The van der Waals surface area contributed by atoms with E-state index in [9.17, 15) is 55.5 Å². The van der Waals surface area contributed by atoms with Gasteiger partial charge in [0.15, 0.2) is 18.5 Å². The summed E-state index contributed by atoms with van der Waals surface area (Å²) in [6.07, 6.45) is 5.02. The number of fused-ring (bicyclic) bond motifs is 2. The largest absolute Gasteiger partial charge is 0.508 e. The molecule has 17 nitrogen and oxygen atoms in total. The summed E-state index contributed by atoms with van der Waals surface area (Å²) in [5.74, 6) is -4.36. The maximum Gasteiger partial charge on any atom is 0.331 e. The quantitative estimate of drug-likeness (QED) is 0.0460. The number of aliphatic hydroxyl groups excluding tert-OH is 7. The van der Waals surface area contributed by atoms with Gasteiger partial charge in [0.25, 0.3) is 0 Å². The van der Waals surface area contributed by atoms with Crippen LogP contribution in [-0.4, -0.2) is 138 Å². The Bertz CT molecular complexity index is 1840. The number of carbonyl (C=O) groups excluding carboxylic acids is 2. The Labute approximate surface area is 373 Å². The van der Waals surface area contributed by atoms with Crippen LogP contribution >= 0.6 is 0 Å². The second kappa shape index (κ2) is 25.5. The van der Waals surface area contributed by atoms with Crippen molar-refractivity contribution in [3.8, 4) is 11.5 Å². The van der Waals surface area contributed by atoms with Crippen molar-refractivity contribution in [3.63, 3.8) is 0 Å². The average molecular weight is 903 g/mol. The Morgan fingerprint density at radius 2 is 1.55 bits per heavy atom. The number of benzene rings is 1. The van der Waals surface area contributed by atoms with E-state index in [4.69, 9.17) is 28.4 Å². The van der Waals surface area contributed by atoms with Gasteiger partial charge in [0.05, 0.1) is 31.0 Å². The molecule has 2 fully saturated rings. The minimum absolute atomic E-state index is 0.118. The Morgan fingerprint density at radius 3 is 2.25 bits per heavy atom. The van der Waals surface area contributed by atoms with Gasteiger partial charge in [-0.15, -0.1) is 0 Å². The van der Waals surface area contributed by atoms with Crippen molar-refractivity contribution in [2.75, 3.05) is 13.2 Å². The van der Waals surface area contributed by atoms with Crippen molar-refractivity contribution >= 4 is 11.9 Å². The highest BCUT2D eigenvalue weighted by molar-refractivity contribution is 5.82. The third kappa shape index (κ3) is 14.1. The van der Waals surface area contributed by atoms with Crippen LogP contribution in [0.5, 0.6) is 11.5 Å². The number of hydrogen-bond donors (Lipinski definition) is 9. The number of carbonyl (C=O) groups is 2. The number of rotatable bonds is 22. The first-order valence-electron chi connectivity index (χ1n) is 21.8. The zero-order valence-corrected chi connectivity index (χ0v) is 36.8. The Balaban J connectivity index is 1.50. The summed E-state index contributed by atoms with van der Waals surface area (Å²) in [4.78, 5) is 25.8. The predicted octanol–water partition coefficient (Wildman–Crippen LogP) is 3.04. The fourth-order valence-corrected chi connectivity index (χ4v) is 7.30. The maximum absolute atomic E-state index is 13.4. The van der Waals surface area contributed by atoms with Crippen LogP contribution in [0.4, 0.5) is 0 Å². The molecule has 64 heavy (non-hydrogen) atoms. The number of allylic oxidation sites excluding steroid dienone is 8. The molecule has 3 aliphatic rings. The van der Waals surface area contributed by atoms with E-state index in [1.54, 1.807) is 18.2 Å². The maximum atomic E-state index is 13.4. The van der Waals surface area contributed by atoms with Gasteiger partial charge in [-0.3, -0.25) is 0 Å². The lowest BCUT2D eigenvalue weighted by Gasteiger charge is -2.50. The van der Waals surface area contributed by atoms with E-state index in [1.165, 1.54) is 24.3 Å². The predicted molar refractivity (Wildman–Crippen MR) is 231 cm³/mol. The van der Waals surface area contributed by atoms with Crippen LogP contribution < -0.4 is 0 Å². The van der Waals surface area contributed by atoms with Crippen LogP contribution in [0.2, 0.25) is 0 Å². The van der Waals surface area contributed by atoms with E-state index < -0.39 is 104 Å². The highest BCUT2D eigenvalue weighted by Gasteiger charge is 2.63. The van der Waals surface area contributed by atoms with Crippen molar-refractivity contribution in [2.24, 2.45) is 5.92 Å². The van der Waals surface area contributed by atoms with E-state index >= 15 is 0 Å². The van der Waals surface area contributed by atoms with Crippen molar-refractivity contribution < 1.29 is 84.0 Å². The molecule has 3 aliphatic heterocycles. The van der Waals surface area contributed by atoms with E-state index in [1.807, 2.05) is 26.0 Å². The van der Waals surface area contributed by atoms with Gasteiger partial charge in [-0.05, 0) is 68.6 Å². The van der Waals surface area contributed by atoms with E-state index in [2.05, 4.69) is 19.9 Å². The van der Waals surface area contributed by atoms with Crippen LogP contribution in [0.25, 0.3) is 0 Å². The van der Waals surface area contributed by atoms with E-state index in [0.717, 1.165) is 43.1 Å². The molecule has 356 valence electrons. The molecule has 1 aromatic carbocycles. The molecule has 1 spiro atoms. The standard InChI is InChI=1S/C47H66O17/c1-5-28(3)17-11-9-12-18-29(4)33(51)20-14-10-16-22-38(54)62-44-43(35(25-48)64-47(45(44)58)39-30(26-60-47)23-32(50)24-34(39)52)63-46-42(57)41(56)40(55)36(61-46)27-59-37(53)21-15-8-7-13-19-31(49)6-2/h7-10,12,14-16,18,21-24,28,31,33,35-36,40-46,48-52,55-58H,5-6,11,13,17,19-20,25-27H2,1-4H3/b8-7-,12-9+,14-10+,21-15+,22-16+,29-18+/t28?,31?,33?,35-,36-,40+,41+,42-,43-,44+,45-,46+,47+/m1/s1. The summed E-state index contributed by atoms with van der Waals surface area (Å²) >= 11 is 0. The van der Waals surface area contributed by atoms with Crippen LogP contribution in [0.15, 0.2) is 84.5 Å². The molecule has 1 aromatic rings. The van der Waals surface area contributed by atoms with Gasteiger partial charge in [0.2, 0.25) is 5.79 Å². The molecule has 0 aliphatic carbocycles. The summed E-state index contributed by atoms with van der Waals surface area (Å²) in [6, 6.07) is 2.25. The molecule has 2 saturated heterocycles. The van der Waals surface area contributed by atoms with Crippen LogP contribution in [-0.2, 0) is 50.4 Å². The molecule has 0 bridgehead atoms. The molecular formula is C47H66O17. The average Bonchev–Trinajstić information content (AvgIpc) is 3.64. The highest BCUT2D eigenvalue weighted by atomic mass is 16.8. The highest BCUT2D eigenvalue weighted by Crippen LogP contribution is 2.51. The summed E-state index contributed by atoms with van der Waals surface area (Å²) < 4.78 is 34.7. The molecule has 3 unspecified atom stereocenters. The lowest BCUT2D eigenvalue weighted by molar-refractivity contribution is -0.395. The van der Waals surface area contributed by atoms with Crippen LogP contribution in [0.3, 0.4) is 0 Å². The van der Waals surface area contributed by atoms with Gasteiger partial charge < -0.3 is 74.4 Å². The number of esters is 2. The molecule has 3 heterocycles. The second-order valence-electron chi connectivity index (χ2n) is 16.3. The molecule has 13 atom stereocenters. The first-order chi connectivity index (χ1) is 30.6. The minimum Gasteiger partial charge on any atom is -0.508 e. The van der Waals surface area contributed by atoms with Crippen LogP contribution in [0.1, 0.15) is 83.8 Å². The summed E-state index contributed by atoms with van der Waals surface area (Å²) in [5.41, 5.74) is 0.842. The van der Waals surface area contributed by atoms with Gasteiger partial charge >= 0.3 is 11.9 Å². The second-order valence-corrected chi connectivity index (χ2v) is 16.3.